The summed E-state index contributed by atoms with van der Waals surface area (Å²) < 4.78 is 17.7. The number of halogens is 1. The summed E-state index contributed by atoms with van der Waals surface area (Å²) in [5.74, 6) is -0.760. The fourth-order valence-electron chi connectivity index (χ4n) is 3.11. The van der Waals surface area contributed by atoms with Crippen LogP contribution in [-0.4, -0.2) is 43.0 Å². The van der Waals surface area contributed by atoms with Crippen LogP contribution in [0.15, 0.2) is 48.5 Å². The van der Waals surface area contributed by atoms with Gasteiger partial charge in [-0.1, -0.05) is 0 Å². The third-order valence-electron chi connectivity index (χ3n) is 4.48. The summed E-state index contributed by atoms with van der Waals surface area (Å²) in [6, 6.07) is 12.8. The van der Waals surface area contributed by atoms with E-state index in [1.54, 1.807) is 41.3 Å². The van der Waals surface area contributed by atoms with Gasteiger partial charge in [0.1, 0.15) is 5.82 Å². The highest BCUT2D eigenvalue weighted by Crippen LogP contribution is 2.19. The van der Waals surface area contributed by atoms with Crippen molar-refractivity contribution in [3.05, 3.63) is 65.5 Å². The lowest BCUT2D eigenvalue weighted by Crippen LogP contribution is -2.45. The lowest BCUT2D eigenvalue weighted by atomic mass is 10.0. The quantitative estimate of drug-likeness (QED) is 0.854. The maximum Gasteiger partial charge on any atom is 0.337 e. The number of hydrogen-bond acceptors (Lipinski definition) is 4. The van der Waals surface area contributed by atoms with E-state index in [-0.39, 0.29) is 17.8 Å². The molecule has 0 aliphatic carbocycles. The summed E-state index contributed by atoms with van der Waals surface area (Å²) in [7, 11) is 1.32. The molecule has 1 amide bonds. The number of carbonyl (C=O) groups is 2. The first kappa shape index (κ1) is 17.9. The average molecular weight is 356 g/mol. The maximum atomic E-state index is 13.0. The normalized spacial score (nSPS) is 16.8. The Labute approximate surface area is 151 Å². The van der Waals surface area contributed by atoms with E-state index in [2.05, 4.69) is 10.1 Å². The highest BCUT2D eigenvalue weighted by molar-refractivity contribution is 5.96. The Kier molecular flexibility index (Phi) is 5.51. The van der Waals surface area contributed by atoms with Crippen LogP contribution in [0.1, 0.15) is 33.6 Å². The molecule has 1 heterocycles. The molecule has 0 unspecified atom stereocenters. The molecule has 1 N–H and O–H groups in total. The summed E-state index contributed by atoms with van der Waals surface area (Å²) in [4.78, 5) is 26.0. The molecule has 5 nitrogen and oxygen atoms in total. The van der Waals surface area contributed by atoms with Crippen molar-refractivity contribution in [3.63, 3.8) is 0 Å². The molecule has 0 saturated carbocycles. The number of benzene rings is 2. The number of piperidine rings is 1. The lowest BCUT2D eigenvalue weighted by molar-refractivity contribution is 0.0599. The van der Waals surface area contributed by atoms with E-state index in [4.69, 9.17) is 0 Å². The molecule has 0 bridgehead atoms. The zero-order valence-corrected chi connectivity index (χ0v) is 14.6. The molecule has 26 heavy (non-hydrogen) atoms. The molecule has 1 aliphatic heterocycles. The third-order valence-corrected chi connectivity index (χ3v) is 4.48. The highest BCUT2D eigenvalue weighted by atomic mass is 19.1. The molecule has 0 spiro atoms. The van der Waals surface area contributed by atoms with Crippen LogP contribution in [0.4, 0.5) is 10.1 Å². The van der Waals surface area contributed by atoms with Crippen molar-refractivity contribution in [2.45, 2.75) is 18.9 Å². The van der Waals surface area contributed by atoms with Crippen LogP contribution < -0.4 is 5.32 Å². The van der Waals surface area contributed by atoms with Crippen molar-refractivity contribution in [2.75, 3.05) is 25.5 Å². The van der Waals surface area contributed by atoms with Gasteiger partial charge in [-0.15, -0.1) is 0 Å². The van der Waals surface area contributed by atoms with Crippen molar-refractivity contribution in [2.24, 2.45) is 0 Å². The van der Waals surface area contributed by atoms with Crippen molar-refractivity contribution >= 4 is 17.6 Å². The number of carbonyl (C=O) groups excluding carboxylic acids is 2. The van der Waals surface area contributed by atoms with Gasteiger partial charge in [-0.25, -0.2) is 9.18 Å². The molecule has 2 aromatic carbocycles. The van der Waals surface area contributed by atoms with Crippen LogP contribution in [0.5, 0.6) is 0 Å². The summed E-state index contributed by atoms with van der Waals surface area (Å²) in [6.07, 6.45) is 1.84. The van der Waals surface area contributed by atoms with Gasteiger partial charge in [0.2, 0.25) is 0 Å². The van der Waals surface area contributed by atoms with Crippen LogP contribution >= 0.6 is 0 Å². The minimum Gasteiger partial charge on any atom is -0.465 e. The van der Waals surface area contributed by atoms with Crippen LogP contribution in [0.25, 0.3) is 0 Å². The number of nitrogens with one attached hydrogen (secondary N) is 1. The number of nitrogens with zero attached hydrogens (tertiary/aromatic N) is 1. The minimum atomic E-state index is -0.425. The van der Waals surface area contributed by atoms with Gasteiger partial charge in [0.15, 0.2) is 0 Å². The minimum absolute atomic E-state index is 0.0629. The fourth-order valence-corrected chi connectivity index (χ4v) is 3.11. The molecule has 136 valence electrons. The molecular formula is C20H21FN2O3. The van der Waals surface area contributed by atoms with Crippen molar-refractivity contribution in [1.29, 1.82) is 0 Å². The van der Waals surface area contributed by atoms with Crippen LogP contribution in [0, 0.1) is 5.82 Å². The molecule has 0 aromatic heterocycles. The van der Waals surface area contributed by atoms with E-state index in [0.717, 1.165) is 18.5 Å². The number of amides is 1. The molecule has 3 rings (SSSR count). The second-order valence-electron chi connectivity index (χ2n) is 6.31. The second-order valence-corrected chi connectivity index (χ2v) is 6.31. The fraction of sp³-hybridized carbons (Fsp3) is 0.300. The van der Waals surface area contributed by atoms with Gasteiger partial charge < -0.3 is 15.0 Å². The molecule has 1 saturated heterocycles. The number of likely N-dealkylation sites (tertiary alicyclic amines) is 1. The Morgan fingerprint density at radius 1 is 1.08 bits per heavy atom. The third kappa shape index (κ3) is 4.20. The number of methoxy groups -OCH3 is 1. The number of anilines is 1. The Balaban J connectivity index is 1.64. The zero-order chi connectivity index (χ0) is 18.5. The smallest absolute Gasteiger partial charge is 0.337 e. The maximum absolute atomic E-state index is 13.0. The first-order chi connectivity index (χ1) is 12.6. The monoisotopic (exact) mass is 356 g/mol. The standard InChI is InChI=1S/C20H21FN2O3/c1-26-20(25)15-6-4-14(5-7-15)19(24)23-12-2-3-18(13-23)22-17-10-8-16(21)9-11-17/h4-11,18,22H,2-3,12-13H2,1H3/t18-/m0/s1. The van der Waals surface area contributed by atoms with Gasteiger partial charge >= 0.3 is 5.97 Å². The zero-order valence-electron chi connectivity index (χ0n) is 14.6. The van der Waals surface area contributed by atoms with E-state index in [0.29, 0.717) is 24.2 Å². The number of hydrogen-bond donors (Lipinski definition) is 1. The van der Waals surface area contributed by atoms with Gasteiger partial charge in [0.05, 0.1) is 12.7 Å². The Morgan fingerprint density at radius 2 is 1.73 bits per heavy atom. The van der Waals surface area contributed by atoms with Gasteiger partial charge in [-0.3, -0.25) is 4.79 Å². The van der Waals surface area contributed by atoms with Gasteiger partial charge in [0, 0.05) is 30.4 Å². The lowest BCUT2D eigenvalue weighted by Gasteiger charge is -2.33. The Bertz CT molecular complexity index is 775. The van der Waals surface area contributed by atoms with E-state index >= 15 is 0 Å². The largest absolute Gasteiger partial charge is 0.465 e. The predicted molar refractivity (Wildman–Crippen MR) is 96.7 cm³/mol. The van der Waals surface area contributed by atoms with Gasteiger partial charge in [-0.05, 0) is 61.4 Å². The van der Waals surface area contributed by atoms with E-state index in [1.165, 1.54) is 19.2 Å². The first-order valence-corrected chi connectivity index (χ1v) is 8.56. The molecule has 1 atom stereocenters. The molecular weight excluding hydrogens is 335 g/mol. The predicted octanol–water partition coefficient (Wildman–Crippen LogP) is 3.33. The molecule has 0 radical (unpaired) electrons. The van der Waals surface area contributed by atoms with E-state index < -0.39 is 5.97 Å². The Morgan fingerprint density at radius 3 is 2.38 bits per heavy atom. The summed E-state index contributed by atoms with van der Waals surface area (Å²) >= 11 is 0. The van der Waals surface area contributed by atoms with E-state index in [9.17, 15) is 14.0 Å². The summed E-state index contributed by atoms with van der Waals surface area (Å²) in [6.45, 7) is 1.27. The van der Waals surface area contributed by atoms with Gasteiger partial charge in [-0.2, -0.15) is 0 Å². The number of esters is 1. The second kappa shape index (κ2) is 7.99. The molecule has 1 aliphatic rings. The first-order valence-electron chi connectivity index (χ1n) is 8.56. The number of rotatable bonds is 4. The van der Waals surface area contributed by atoms with Crippen molar-refractivity contribution in [1.82, 2.24) is 4.90 Å². The average Bonchev–Trinajstić information content (AvgIpc) is 2.69. The Hall–Kier alpha value is -2.89. The SMILES string of the molecule is COC(=O)c1ccc(C(=O)N2CCC[C@H](Nc3ccc(F)cc3)C2)cc1. The van der Waals surface area contributed by atoms with E-state index in [1.807, 2.05) is 0 Å². The van der Waals surface area contributed by atoms with Gasteiger partial charge in [0.25, 0.3) is 5.91 Å². The summed E-state index contributed by atoms with van der Waals surface area (Å²) in [5, 5.41) is 3.35. The number of ether oxygens (including phenoxy) is 1. The highest BCUT2D eigenvalue weighted by Gasteiger charge is 2.24. The summed E-state index contributed by atoms with van der Waals surface area (Å²) in [5.41, 5.74) is 1.80. The van der Waals surface area contributed by atoms with Crippen molar-refractivity contribution < 1.29 is 18.7 Å². The molecule has 6 heteroatoms. The van der Waals surface area contributed by atoms with Crippen LogP contribution in [0.3, 0.4) is 0 Å². The topological polar surface area (TPSA) is 58.6 Å². The van der Waals surface area contributed by atoms with Crippen LogP contribution in [0.2, 0.25) is 0 Å². The van der Waals surface area contributed by atoms with Crippen LogP contribution in [-0.2, 0) is 4.74 Å². The molecule has 2 aromatic rings. The van der Waals surface area contributed by atoms with Crippen molar-refractivity contribution in [3.8, 4) is 0 Å². The molecule has 1 fully saturated rings.